The molecule has 1 aliphatic heterocycles. The second-order valence-corrected chi connectivity index (χ2v) is 22.6. The molecule has 0 aromatic carbocycles. The van der Waals surface area contributed by atoms with Crippen LogP contribution in [-0.4, -0.2) is 59.2 Å². The zero-order chi connectivity index (χ0) is 21.1. The van der Waals surface area contributed by atoms with Gasteiger partial charge >= 0.3 is 40.2 Å². The second kappa shape index (κ2) is 9.13. The van der Waals surface area contributed by atoms with Gasteiger partial charge in [0, 0.05) is 5.57 Å². The Kier molecular flexibility index (Phi) is 8.43. The second-order valence-electron chi connectivity index (χ2n) is 8.31. The van der Waals surface area contributed by atoms with Gasteiger partial charge in [-0.1, -0.05) is 13.5 Å². The van der Waals surface area contributed by atoms with Gasteiger partial charge in [-0.05, 0) is 59.2 Å². The molecular formula is C16H36O7Si4. The maximum Gasteiger partial charge on any atom is 0.347 e. The number of hydrogen-bond acceptors (Lipinski definition) is 7. The van der Waals surface area contributed by atoms with E-state index >= 15 is 0 Å². The van der Waals surface area contributed by atoms with Crippen LogP contribution in [0.15, 0.2) is 12.2 Å². The topological polar surface area (TPSA) is 72.5 Å². The number of hydrogen-bond donors (Lipinski definition) is 0. The number of rotatable bonds is 7. The van der Waals surface area contributed by atoms with E-state index in [-0.39, 0.29) is 18.9 Å². The molecule has 158 valence electrons. The molecule has 11 heteroatoms. The van der Waals surface area contributed by atoms with Crippen molar-refractivity contribution < 1.29 is 30.7 Å². The summed E-state index contributed by atoms with van der Waals surface area (Å²) in [6, 6.07) is 0. The molecule has 0 aromatic heterocycles. The molecule has 1 aliphatic rings. The number of carbonyl (C=O) groups excluding carboxylic acids is 1. The summed E-state index contributed by atoms with van der Waals surface area (Å²) in [4.78, 5) is 11.5. The van der Waals surface area contributed by atoms with Gasteiger partial charge in [0.2, 0.25) is 0 Å². The molecular weight excluding hydrogens is 417 g/mol. The predicted octanol–water partition coefficient (Wildman–Crippen LogP) is 3.70. The fourth-order valence-electron chi connectivity index (χ4n) is 3.46. The van der Waals surface area contributed by atoms with E-state index in [4.69, 9.17) is 25.9 Å². The molecule has 0 radical (unpaired) electrons. The minimum atomic E-state index is -2.77. The molecule has 0 aromatic rings. The van der Waals surface area contributed by atoms with Crippen LogP contribution in [0.1, 0.15) is 20.3 Å². The highest BCUT2D eigenvalue weighted by molar-refractivity contribution is 6.93. The van der Waals surface area contributed by atoms with Crippen LogP contribution in [0.4, 0.5) is 0 Å². The molecule has 0 N–H and O–H groups in total. The van der Waals surface area contributed by atoms with E-state index < -0.39 is 40.2 Å². The van der Waals surface area contributed by atoms with Gasteiger partial charge in [0.25, 0.3) is 0 Å². The van der Waals surface area contributed by atoms with E-state index in [1.165, 1.54) is 0 Å². The van der Waals surface area contributed by atoms with Gasteiger partial charge in [-0.25, -0.2) is 4.79 Å². The van der Waals surface area contributed by atoms with Crippen LogP contribution in [0, 0.1) is 0 Å². The molecule has 1 rings (SSSR count). The zero-order valence-corrected chi connectivity index (χ0v) is 22.3. The number of ether oxygens (including phenoxy) is 2. The highest BCUT2D eigenvalue weighted by Crippen LogP contribution is 2.33. The zero-order valence-electron chi connectivity index (χ0n) is 18.3. The van der Waals surface area contributed by atoms with Crippen LogP contribution in [0.2, 0.25) is 45.8 Å². The summed E-state index contributed by atoms with van der Waals surface area (Å²) in [7, 11) is -9.98. The lowest BCUT2D eigenvalue weighted by Gasteiger charge is -2.49. The molecule has 1 fully saturated rings. The van der Waals surface area contributed by atoms with Crippen molar-refractivity contribution in [2.75, 3.05) is 13.2 Å². The highest BCUT2D eigenvalue weighted by Gasteiger charge is 2.55. The summed E-state index contributed by atoms with van der Waals surface area (Å²) >= 11 is 0. The van der Waals surface area contributed by atoms with Crippen LogP contribution in [0.5, 0.6) is 0 Å². The monoisotopic (exact) mass is 452 g/mol. The smallest absolute Gasteiger partial charge is 0.347 e. The lowest BCUT2D eigenvalue weighted by molar-refractivity contribution is -0.140. The molecule has 27 heavy (non-hydrogen) atoms. The van der Waals surface area contributed by atoms with Gasteiger partial charge in [0.1, 0.15) is 6.61 Å². The minimum Gasteiger partial charge on any atom is -0.460 e. The molecule has 0 bridgehead atoms. The lowest BCUT2D eigenvalue weighted by atomic mass is 10.4. The van der Waals surface area contributed by atoms with Crippen molar-refractivity contribution >= 4 is 40.2 Å². The van der Waals surface area contributed by atoms with E-state index in [0.717, 1.165) is 6.42 Å². The van der Waals surface area contributed by atoms with E-state index in [1.807, 2.05) is 52.8 Å². The van der Waals surface area contributed by atoms with Gasteiger partial charge in [-0.15, -0.1) is 0 Å². The first-order chi connectivity index (χ1) is 12.1. The van der Waals surface area contributed by atoms with Gasteiger partial charge in [0.05, 0.1) is 12.3 Å². The van der Waals surface area contributed by atoms with Crippen molar-refractivity contribution in [2.24, 2.45) is 0 Å². The highest BCUT2D eigenvalue weighted by atomic mass is 28.5. The maximum absolute atomic E-state index is 11.5. The van der Waals surface area contributed by atoms with Gasteiger partial charge in [0.15, 0.2) is 0 Å². The van der Waals surface area contributed by atoms with E-state index in [0.29, 0.717) is 5.57 Å². The fraction of sp³-hybridized carbons (Fsp3) is 0.812. The summed E-state index contributed by atoms with van der Waals surface area (Å²) in [6.45, 7) is 21.9. The first-order valence-corrected chi connectivity index (χ1v) is 20.2. The van der Waals surface area contributed by atoms with Crippen LogP contribution in [-0.2, 0) is 30.7 Å². The average molecular weight is 453 g/mol. The Balaban J connectivity index is 2.89. The molecule has 0 amide bonds. The normalized spacial score (nSPS) is 24.3. The standard InChI is InChI=1S/C16H36O7Si4/c1-11-15(18-12-13-19-16(17)14(2)3)27(10)22-25(6,7)20-24(4,5)21-26(8,9)23-27/h15H,2,11-13H2,1,3-10H3. The van der Waals surface area contributed by atoms with Gasteiger partial charge in [-0.3, -0.25) is 0 Å². The van der Waals surface area contributed by atoms with Crippen LogP contribution in [0.25, 0.3) is 0 Å². The Hall–Kier alpha value is -0.122. The Morgan fingerprint density at radius 2 is 1.33 bits per heavy atom. The van der Waals surface area contributed by atoms with Crippen molar-refractivity contribution in [1.29, 1.82) is 0 Å². The number of esters is 1. The Bertz CT molecular complexity index is 529. The van der Waals surface area contributed by atoms with E-state index in [9.17, 15) is 4.79 Å². The third kappa shape index (κ3) is 8.02. The summed E-state index contributed by atoms with van der Waals surface area (Å²) in [6.07, 6.45) is 0.729. The lowest BCUT2D eigenvalue weighted by Crippen LogP contribution is -2.68. The van der Waals surface area contributed by atoms with E-state index in [1.54, 1.807) is 6.92 Å². The van der Waals surface area contributed by atoms with Crippen LogP contribution in [0.3, 0.4) is 0 Å². The summed E-state index contributed by atoms with van der Waals surface area (Å²) in [5.74, 6) is -0.412. The Morgan fingerprint density at radius 1 is 0.889 bits per heavy atom. The molecule has 7 nitrogen and oxygen atoms in total. The first-order valence-electron chi connectivity index (χ1n) is 9.36. The van der Waals surface area contributed by atoms with Gasteiger partial charge < -0.3 is 25.9 Å². The summed E-state index contributed by atoms with van der Waals surface area (Å²) in [5, 5.41) is 0. The van der Waals surface area contributed by atoms with Gasteiger partial charge in [-0.2, -0.15) is 0 Å². The Morgan fingerprint density at radius 3 is 1.74 bits per heavy atom. The predicted molar refractivity (Wildman–Crippen MR) is 114 cm³/mol. The van der Waals surface area contributed by atoms with Crippen molar-refractivity contribution in [3.63, 3.8) is 0 Å². The quantitative estimate of drug-likeness (QED) is 0.252. The summed E-state index contributed by atoms with van der Waals surface area (Å²) in [5.41, 5.74) is 0.159. The van der Waals surface area contributed by atoms with E-state index in [2.05, 4.69) is 6.58 Å². The maximum atomic E-state index is 11.5. The minimum absolute atomic E-state index is 0.168. The average Bonchev–Trinajstić information content (AvgIpc) is 2.40. The molecule has 0 saturated carbocycles. The third-order valence-electron chi connectivity index (χ3n) is 3.82. The molecule has 1 saturated heterocycles. The molecule has 1 heterocycles. The molecule has 1 atom stereocenters. The fourth-order valence-corrected chi connectivity index (χ4v) is 25.1. The van der Waals surface area contributed by atoms with Crippen molar-refractivity contribution in [1.82, 2.24) is 0 Å². The SMILES string of the molecule is C=C(C)C(=O)OCCOC(CC)[Si]1(C)O[Si](C)(C)O[Si](C)(C)O[Si](C)(C)O1. The van der Waals surface area contributed by atoms with Crippen molar-refractivity contribution in [3.05, 3.63) is 12.2 Å². The van der Waals surface area contributed by atoms with Crippen molar-refractivity contribution in [2.45, 2.75) is 71.8 Å². The Labute approximate surface area is 168 Å². The molecule has 0 aliphatic carbocycles. The van der Waals surface area contributed by atoms with Crippen LogP contribution < -0.4 is 0 Å². The molecule has 1 unspecified atom stereocenters. The largest absolute Gasteiger partial charge is 0.460 e. The van der Waals surface area contributed by atoms with Crippen LogP contribution >= 0.6 is 0 Å². The summed E-state index contributed by atoms with van der Waals surface area (Å²) < 4.78 is 37.1. The molecule has 0 spiro atoms. The third-order valence-corrected chi connectivity index (χ3v) is 20.6. The van der Waals surface area contributed by atoms with Crippen molar-refractivity contribution in [3.8, 4) is 0 Å². The number of carbonyl (C=O) groups is 1. The first kappa shape index (κ1) is 24.9.